The Kier molecular flexibility index (Phi) is 4.96. The van der Waals surface area contributed by atoms with Crippen LogP contribution in [0.3, 0.4) is 0 Å². The summed E-state index contributed by atoms with van der Waals surface area (Å²) in [6.45, 7) is 0.640. The number of hydrogen-bond acceptors (Lipinski definition) is 5. The minimum absolute atomic E-state index is 0.148. The molecule has 6 rings (SSSR count). The maximum atomic E-state index is 13.3. The van der Waals surface area contributed by atoms with Gasteiger partial charge in [0.2, 0.25) is 0 Å². The Hall–Kier alpha value is -2.15. The Labute approximate surface area is 179 Å². The number of carbonyl (C=O) groups is 2. The Morgan fingerprint density at radius 3 is 2.37 bits per heavy atom. The zero-order valence-corrected chi connectivity index (χ0v) is 17.8. The van der Waals surface area contributed by atoms with Crippen molar-refractivity contribution >= 4 is 34.5 Å². The van der Waals surface area contributed by atoms with Crippen molar-refractivity contribution in [3.05, 3.63) is 41.1 Å². The molecule has 158 valence electrons. The molecule has 1 heterocycles. The third-order valence-corrected chi connectivity index (χ3v) is 8.05. The van der Waals surface area contributed by atoms with Crippen LogP contribution in [-0.4, -0.2) is 35.6 Å². The fraction of sp³-hybridized carbons (Fsp3) is 0.522. The van der Waals surface area contributed by atoms with E-state index in [-0.39, 0.29) is 17.1 Å². The lowest BCUT2D eigenvalue weighted by Gasteiger charge is -2.57. The summed E-state index contributed by atoms with van der Waals surface area (Å²) < 4.78 is 18.0. The van der Waals surface area contributed by atoms with Crippen LogP contribution >= 0.6 is 11.8 Å². The molecule has 0 aromatic heterocycles. The molecule has 5 nitrogen and oxygen atoms in total. The molecule has 5 aliphatic rings. The molecule has 1 aliphatic heterocycles. The summed E-state index contributed by atoms with van der Waals surface area (Å²) in [5.41, 5.74) is 0.733. The first-order valence-electron chi connectivity index (χ1n) is 10.6. The summed E-state index contributed by atoms with van der Waals surface area (Å²) in [5.74, 6) is 1.27. The molecule has 0 N–H and O–H groups in total. The number of ether oxygens (including phenoxy) is 1. The molecule has 0 atom stereocenters. The molecule has 4 aliphatic carbocycles. The number of halogens is 1. The molecule has 4 bridgehead atoms. The predicted molar refractivity (Wildman–Crippen MR) is 114 cm³/mol. The van der Waals surface area contributed by atoms with Crippen LogP contribution in [0.5, 0.6) is 0 Å². The van der Waals surface area contributed by atoms with Crippen molar-refractivity contribution < 1.29 is 18.7 Å². The number of rotatable bonds is 4. The van der Waals surface area contributed by atoms with E-state index < -0.39 is 5.97 Å². The Morgan fingerprint density at radius 2 is 1.80 bits per heavy atom. The van der Waals surface area contributed by atoms with Gasteiger partial charge in [0, 0.05) is 12.6 Å². The van der Waals surface area contributed by atoms with E-state index in [1.54, 1.807) is 17.0 Å². The van der Waals surface area contributed by atoms with E-state index in [2.05, 4.69) is 4.99 Å². The third kappa shape index (κ3) is 3.68. The molecule has 1 saturated heterocycles. The molecule has 0 radical (unpaired) electrons. The highest BCUT2D eigenvalue weighted by atomic mass is 32.2. The van der Waals surface area contributed by atoms with Gasteiger partial charge >= 0.3 is 5.97 Å². The number of benzene rings is 1. The largest absolute Gasteiger partial charge is 0.466 e. The second kappa shape index (κ2) is 7.52. The lowest BCUT2D eigenvalue weighted by molar-refractivity contribution is -0.135. The number of methoxy groups -OCH3 is 1. The number of amidine groups is 1. The van der Waals surface area contributed by atoms with Crippen LogP contribution in [-0.2, 0) is 14.3 Å². The van der Waals surface area contributed by atoms with Crippen LogP contribution in [0.4, 0.5) is 10.1 Å². The number of aliphatic imine (C=N–C) groups is 1. The normalized spacial score (nSPS) is 34.9. The molecular formula is C23H25FN2O3S. The number of hydrogen-bond donors (Lipinski definition) is 0. The third-order valence-electron chi connectivity index (χ3n) is 7.05. The maximum Gasteiger partial charge on any atom is 0.331 e. The van der Waals surface area contributed by atoms with Gasteiger partial charge in [-0.2, -0.15) is 0 Å². The van der Waals surface area contributed by atoms with Gasteiger partial charge in [0.05, 0.1) is 17.7 Å². The van der Waals surface area contributed by atoms with Gasteiger partial charge in [-0.1, -0.05) is 0 Å². The molecule has 0 unspecified atom stereocenters. The summed E-state index contributed by atoms with van der Waals surface area (Å²) >= 11 is 1.19. The number of amides is 1. The van der Waals surface area contributed by atoms with Crippen LogP contribution in [0, 0.1) is 29.0 Å². The van der Waals surface area contributed by atoms with Crippen LogP contribution in [0.15, 0.2) is 40.2 Å². The monoisotopic (exact) mass is 428 g/mol. The zero-order chi connectivity index (χ0) is 20.9. The van der Waals surface area contributed by atoms with Crippen molar-refractivity contribution in [1.29, 1.82) is 0 Å². The lowest BCUT2D eigenvalue weighted by atomic mass is 9.49. The fourth-order valence-electron chi connectivity index (χ4n) is 6.34. The van der Waals surface area contributed by atoms with Gasteiger partial charge in [0.15, 0.2) is 5.17 Å². The van der Waals surface area contributed by atoms with E-state index >= 15 is 0 Å². The summed E-state index contributed by atoms with van der Waals surface area (Å²) in [6.07, 6.45) is 8.78. The van der Waals surface area contributed by atoms with Gasteiger partial charge < -0.3 is 4.74 Å². The Bertz CT molecular complexity index is 905. The fourth-order valence-corrected chi connectivity index (χ4v) is 7.30. The van der Waals surface area contributed by atoms with Crippen molar-refractivity contribution in [2.45, 2.75) is 38.5 Å². The first-order chi connectivity index (χ1) is 14.4. The quantitative estimate of drug-likeness (QED) is 0.517. The van der Waals surface area contributed by atoms with Crippen molar-refractivity contribution in [1.82, 2.24) is 4.90 Å². The van der Waals surface area contributed by atoms with Crippen molar-refractivity contribution in [3.63, 3.8) is 0 Å². The van der Waals surface area contributed by atoms with Gasteiger partial charge in [-0.25, -0.2) is 14.2 Å². The van der Waals surface area contributed by atoms with E-state index in [9.17, 15) is 14.0 Å². The average Bonchev–Trinajstić information content (AvgIpc) is 2.97. The van der Waals surface area contributed by atoms with Crippen molar-refractivity contribution in [3.8, 4) is 0 Å². The van der Waals surface area contributed by atoms with Crippen molar-refractivity contribution in [2.24, 2.45) is 28.2 Å². The second-order valence-electron chi connectivity index (χ2n) is 9.31. The molecule has 7 heteroatoms. The summed E-state index contributed by atoms with van der Waals surface area (Å²) in [7, 11) is 1.30. The molecule has 1 aromatic carbocycles. The standard InChI is InChI=1S/C23H25FN2O3S/c1-29-20(27)9-19-21(28)26(22(30-19)25-18-4-2-17(24)3-5-18)13-23-10-14-6-15(11-23)8-16(7-14)12-23/h2-5,9,14-16H,6-8,10-13H2,1H3/b19-9+,25-22?. The van der Waals surface area contributed by atoms with Gasteiger partial charge in [-0.3, -0.25) is 9.69 Å². The molecule has 4 saturated carbocycles. The van der Waals surface area contributed by atoms with E-state index in [4.69, 9.17) is 4.74 Å². The first kappa shape index (κ1) is 19.8. The van der Waals surface area contributed by atoms with E-state index in [1.165, 1.54) is 75.6 Å². The minimum Gasteiger partial charge on any atom is -0.466 e. The molecule has 1 amide bonds. The van der Waals surface area contributed by atoms with E-state index in [0.717, 1.165) is 17.8 Å². The number of carbonyl (C=O) groups excluding carboxylic acids is 2. The van der Waals surface area contributed by atoms with Crippen LogP contribution < -0.4 is 0 Å². The van der Waals surface area contributed by atoms with Gasteiger partial charge in [-0.05, 0) is 97.7 Å². The van der Waals surface area contributed by atoms with E-state index in [1.807, 2.05) is 0 Å². The second-order valence-corrected chi connectivity index (χ2v) is 10.3. The Morgan fingerprint density at radius 1 is 1.20 bits per heavy atom. The highest BCUT2D eigenvalue weighted by Gasteiger charge is 2.53. The number of nitrogens with zero attached hydrogens (tertiary/aromatic N) is 2. The highest BCUT2D eigenvalue weighted by molar-refractivity contribution is 8.18. The van der Waals surface area contributed by atoms with Crippen LogP contribution in [0.2, 0.25) is 0 Å². The topological polar surface area (TPSA) is 59.0 Å². The maximum absolute atomic E-state index is 13.3. The SMILES string of the molecule is COC(=O)/C=C1/SC(=Nc2ccc(F)cc2)N(CC23CC4CC(CC(C4)C2)C3)C1=O. The van der Waals surface area contributed by atoms with E-state index in [0.29, 0.717) is 22.3 Å². The molecule has 0 spiro atoms. The van der Waals surface area contributed by atoms with Gasteiger partial charge in [0.25, 0.3) is 5.91 Å². The summed E-state index contributed by atoms with van der Waals surface area (Å²) in [6, 6.07) is 5.90. The Balaban J connectivity index is 1.46. The summed E-state index contributed by atoms with van der Waals surface area (Å²) in [5, 5.41) is 0.553. The molecule has 30 heavy (non-hydrogen) atoms. The number of esters is 1. The molecule has 5 fully saturated rings. The number of thioether (sulfide) groups is 1. The van der Waals surface area contributed by atoms with Crippen LogP contribution in [0.25, 0.3) is 0 Å². The highest BCUT2D eigenvalue weighted by Crippen LogP contribution is 2.60. The smallest absolute Gasteiger partial charge is 0.331 e. The average molecular weight is 429 g/mol. The van der Waals surface area contributed by atoms with Gasteiger partial charge in [-0.15, -0.1) is 0 Å². The lowest BCUT2D eigenvalue weighted by Crippen LogP contribution is -2.52. The minimum atomic E-state index is -0.552. The first-order valence-corrected chi connectivity index (χ1v) is 11.4. The molecular weight excluding hydrogens is 403 g/mol. The van der Waals surface area contributed by atoms with Crippen LogP contribution in [0.1, 0.15) is 38.5 Å². The summed E-state index contributed by atoms with van der Waals surface area (Å²) in [4.78, 5) is 31.7. The molecule has 1 aromatic rings. The zero-order valence-electron chi connectivity index (χ0n) is 17.0. The van der Waals surface area contributed by atoms with Gasteiger partial charge in [0.1, 0.15) is 5.82 Å². The predicted octanol–water partition coefficient (Wildman–Crippen LogP) is 4.66. The van der Waals surface area contributed by atoms with Crippen molar-refractivity contribution in [2.75, 3.05) is 13.7 Å².